The van der Waals surface area contributed by atoms with Crippen molar-refractivity contribution in [3.8, 4) is 0 Å². The van der Waals surface area contributed by atoms with Gasteiger partial charge in [-0.15, -0.1) is 0 Å². The first-order valence-corrected chi connectivity index (χ1v) is 9.97. The molecule has 1 heterocycles. The van der Waals surface area contributed by atoms with Crippen molar-refractivity contribution in [3.63, 3.8) is 0 Å². The number of nitrogens with zero attached hydrogens (tertiary/aromatic N) is 1. The van der Waals surface area contributed by atoms with Gasteiger partial charge in [-0.25, -0.2) is 4.79 Å². The summed E-state index contributed by atoms with van der Waals surface area (Å²) < 4.78 is 4.95. The van der Waals surface area contributed by atoms with E-state index in [0.29, 0.717) is 22.7 Å². The monoisotopic (exact) mass is 421 g/mol. The molecule has 0 bridgehead atoms. The van der Waals surface area contributed by atoms with Gasteiger partial charge < -0.3 is 15.4 Å². The normalized spacial score (nSPS) is 23.8. The summed E-state index contributed by atoms with van der Waals surface area (Å²) in [5, 5.41) is 5.88. The lowest BCUT2D eigenvalue weighted by atomic mass is 9.73. The van der Waals surface area contributed by atoms with Gasteiger partial charge in [0.05, 0.1) is 0 Å². The lowest BCUT2D eigenvalue weighted by Gasteiger charge is -2.36. The fourth-order valence-electron chi connectivity index (χ4n) is 3.89. The van der Waals surface area contributed by atoms with Crippen LogP contribution in [0.25, 0.3) is 0 Å². The number of anilines is 1. The molecule has 8 nitrogen and oxygen atoms in total. The molecular weight excluding hydrogens is 398 g/mol. The van der Waals surface area contributed by atoms with E-state index in [1.54, 1.807) is 25.1 Å². The third kappa shape index (κ3) is 4.22. The quantitative estimate of drug-likeness (QED) is 0.561. The Morgan fingerprint density at radius 3 is 2.83 bits per heavy atom. The van der Waals surface area contributed by atoms with Crippen molar-refractivity contribution >= 4 is 41.1 Å². The van der Waals surface area contributed by atoms with E-state index in [1.165, 1.54) is 0 Å². The van der Waals surface area contributed by atoms with E-state index in [9.17, 15) is 19.2 Å². The summed E-state index contributed by atoms with van der Waals surface area (Å²) in [6.07, 6.45) is 3.26. The lowest BCUT2D eigenvalue weighted by Crippen LogP contribution is -2.54. The number of nitrogens with one attached hydrogen (secondary N) is 2. The first kappa shape index (κ1) is 21.1. The molecule has 1 saturated carbocycles. The Labute approximate surface area is 173 Å². The molecule has 1 aromatic carbocycles. The second kappa shape index (κ2) is 8.41. The van der Waals surface area contributed by atoms with Gasteiger partial charge in [0.1, 0.15) is 12.1 Å². The molecule has 3 rings (SSSR count). The third-order valence-electron chi connectivity index (χ3n) is 5.69. The maximum Gasteiger partial charge on any atom is 0.326 e. The number of esters is 1. The van der Waals surface area contributed by atoms with Gasteiger partial charge >= 0.3 is 12.0 Å². The van der Waals surface area contributed by atoms with E-state index in [1.807, 2.05) is 6.92 Å². The fraction of sp³-hybridized carbons (Fsp3) is 0.500. The smallest absolute Gasteiger partial charge is 0.326 e. The predicted molar refractivity (Wildman–Crippen MR) is 106 cm³/mol. The number of ether oxygens (including phenoxy) is 1. The number of carbonyl (C=O) groups excluding carboxylic acids is 4. The molecule has 0 aromatic heterocycles. The highest BCUT2D eigenvalue weighted by Gasteiger charge is 2.55. The van der Waals surface area contributed by atoms with Gasteiger partial charge in [0.2, 0.25) is 0 Å². The minimum absolute atomic E-state index is 0.000402. The molecule has 2 fully saturated rings. The van der Waals surface area contributed by atoms with Gasteiger partial charge in [-0.05, 0) is 43.4 Å². The number of benzene rings is 1. The Kier molecular flexibility index (Phi) is 6.12. The molecule has 1 spiro atoms. The van der Waals surface area contributed by atoms with Crippen LogP contribution in [0.3, 0.4) is 0 Å². The van der Waals surface area contributed by atoms with Gasteiger partial charge in [-0.3, -0.25) is 19.3 Å². The molecule has 0 unspecified atom stereocenters. The zero-order chi connectivity index (χ0) is 21.2. The number of rotatable bonds is 5. The van der Waals surface area contributed by atoms with Gasteiger partial charge in [0.15, 0.2) is 6.61 Å². The van der Waals surface area contributed by atoms with E-state index in [0.717, 1.165) is 24.2 Å². The minimum atomic E-state index is -0.933. The van der Waals surface area contributed by atoms with Crippen molar-refractivity contribution in [2.24, 2.45) is 5.92 Å². The third-order valence-corrected chi connectivity index (χ3v) is 6.10. The maximum atomic E-state index is 12.8. The summed E-state index contributed by atoms with van der Waals surface area (Å²) in [6, 6.07) is 4.47. The van der Waals surface area contributed by atoms with Crippen LogP contribution in [0.4, 0.5) is 10.5 Å². The van der Waals surface area contributed by atoms with Crippen LogP contribution in [0.2, 0.25) is 5.02 Å². The number of halogens is 1. The number of hydrogen-bond acceptors (Lipinski definition) is 5. The topological polar surface area (TPSA) is 105 Å². The summed E-state index contributed by atoms with van der Waals surface area (Å²) in [4.78, 5) is 50.2. The molecule has 2 atom stereocenters. The van der Waals surface area contributed by atoms with Gasteiger partial charge in [-0.1, -0.05) is 37.4 Å². The molecule has 4 amide bonds. The van der Waals surface area contributed by atoms with E-state index in [4.69, 9.17) is 16.3 Å². The Bertz CT molecular complexity index is 859. The Hall–Kier alpha value is -2.61. The van der Waals surface area contributed by atoms with Crippen LogP contribution in [0, 0.1) is 12.8 Å². The van der Waals surface area contributed by atoms with E-state index in [2.05, 4.69) is 10.6 Å². The number of amides is 4. The van der Waals surface area contributed by atoms with E-state index < -0.39 is 42.5 Å². The molecule has 2 aliphatic rings. The van der Waals surface area contributed by atoms with Crippen molar-refractivity contribution in [3.05, 3.63) is 28.8 Å². The molecule has 156 valence electrons. The zero-order valence-corrected chi connectivity index (χ0v) is 17.2. The van der Waals surface area contributed by atoms with E-state index >= 15 is 0 Å². The summed E-state index contributed by atoms with van der Waals surface area (Å²) >= 11 is 6.01. The molecule has 1 aliphatic carbocycles. The molecule has 1 aliphatic heterocycles. The summed E-state index contributed by atoms with van der Waals surface area (Å²) in [6.45, 7) is 2.63. The SMILES string of the molecule is Cc1c(Cl)cccc1NC(=O)COC(=O)CN1C(=O)N[C@@]2(CCCC[C@H]2C)C1=O. The zero-order valence-electron chi connectivity index (χ0n) is 16.4. The molecule has 1 saturated heterocycles. The summed E-state index contributed by atoms with van der Waals surface area (Å²) in [5.74, 6) is -1.77. The Balaban J connectivity index is 1.54. The van der Waals surface area contributed by atoms with Crippen LogP contribution < -0.4 is 10.6 Å². The lowest BCUT2D eigenvalue weighted by molar-refractivity contribution is -0.150. The highest BCUT2D eigenvalue weighted by Crippen LogP contribution is 2.38. The molecule has 2 N–H and O–H groups in total. The van der Waals surface area contributed by atoms with Crippen LogP contribution >= 0.6 is 11.6 Å². The summed E-state index contributed by atoms with van der Waals surface area (Å²) in [5.41, 5.74) is 0.276. The minimum Gasteiger partial charge on any atom is -0.454 e. The van der Waals surface area contributed by atoms with Crippen molar-refractivity contribution in [2.45, 2.75) is 45.1 Å². The van der Waals surface area contributed by atoms with Gasteiger partial charge in [0, 0.05) is 10.7 Å². The van der Waals surface area contributed by atoms with Gasteiger partial charge in [-0.2, -0.15) is 0 Å². The fourth-order valence-corrected chi connectivity index (χ4v) is 4.06. The number of hydrogen-bond donors (Lipinski definition) is 2. The Morgan fingerprint density at radius 1 is 1.34 bits per heavy atom. The predicted octanol–water partition coefficient (Wildman–Crippen LogP) is 2.63. The van der Waals surface area contributed by atoms with Crippen LogP contribution in [-0.2, 0) is 19.1 Å². The average Bonchev–Trinajstić information content (AvgIpc) is 2.91. The first-order valence-electron chi connectivity index (χ1n) is 9.59. The molecule has 29 heavy (non-hydrogen) atoms. The second-order valence-electron chi connectivity index (χ2n) is 7.56. The van der Waals surface area contributed by atoms with Crippen molar-refractivity contribution in [1.29, 1.82) is 0 Å². The highest BCUT2D eigenvalue weighted by molar-refractivity contribution is 6.31. The number of imide groups is 1. The van der Waals surface area contributed by atoms with Crippen molar-refractivity contribution in [1.82, 2.24) is 10.2 Å². The molecule has 1 aromatic rings. The molecule has 0 radical (unpaired) electrons. The molecular formula is C20H24ClN3O5. The van der Waals surface area contributed by atoms with Crippen molar-refractivity contribution in [2.75, 3.05) is 18.5 Å². The average molecular weight is 422 g/mol. The number of carbonyl (C=O) groups is 4. The van der Waals surface area contributed by atoms with E-state index in [-0.39, 0.29) is 5.92 Å². The van der Waals surface area contributed by atoms with Crippen LogP contribution in [0.1, 0.15) is 38.2 Å². The van der Waals surface area contributed by atoms with Crippen LogP contribution in [0.15, 0.2) is 18.2 Å². The largest absolute Gasteiger partial charge is 0.454 e. The van der Waals surface area contributed by atoms with Crippen LogP contribution in [-0.4, -0.2) is 47.4 Å². The van der Waals surface area contributed by atoms with Crippen LogP contribution in [0.5, 0.6) is 0 Å². The second-order valence-corrected chi connectivity index (χ2v) is 7.97. The molecule has 9 heteroatoms. The first-order chi connectivity index (χ1) is 13.7. The maximum absolute atomic E-state index is 12.8. The van der Waals surface area contributed by atoms with Crippen molar-refractivity contribution < 1.29 is 23.9 Å². The highest BCUT2D eigenvalue weighted by atomic mass is 35.5. The Morgan fingerprint density at radius 2 is 2.10 bits per heavy atom. The standard InChI is InChI=1S/C20H24ClN3O5/c1-12-6-3-4-9-20(12)18(27)24(19(28)23-20)10-17(26)29-11-16(25)22-15-8-5-7-14(21)13(15)2/h5,7-8,12H,3-4,6,9-11H2,1-2H3,(H,22,25)(H,23,28)/t12-,20-/m1/s1. The number of urea groups is 1. The van der Waals surface area contributed by atoms with Gasteiger partial charge in [0.25, 0.3) is 11.8 Å². The summed E-state index contributed by atoms with van der Waals surface area (Å²) in [7, 11) is 0.